The third kappa shape index (κ3) is 4.86. The Morgan fingerprint density at radius 3 is 2.68 bits per heavy atom. The summed E-state index contributed by atoms with van der Waals surface area (Å²) in [6.07, 6.45) is 5.61. The molecule has 2 fully saturated rings. The van der Waals surface area contributed by atoms with E-state index in [9.17, 15) is 14.8 Å². The third-order valence-corrected chi connectivity index (χ3v) is 7.40. The molecule has 3 N–H and O–H groups in total. The van der Waals surface area contributed by atoms with Crippen LogP contribution in [0.25, 0.3) is 5.57 Å². The molecule has 1 aliphatic carbocycles. The second kappa shape index (κ2) is 9.60. The summed E-state index contributed by atoms with van der Waals surface area (Å²) in [4.78, 5) is 27.4. The lowest BCUT2D eigenvalue weighted by Gasteiger charge is -2.38. The number of carbonyl (C=O) groups excluding carboxylic acids is 2. The van der Waals surface area contributed by atoms with Crippen LogP contribution in [0.2, 0.25) is 0 Å². The summed E-state index contributed by atoms with van der Waals surface area (Å²) in [7, 11) is 0. The number of amides is 2. The molecular formula is C27H31N3O4. The van der Waals surface area contributed by atoms with Gasteiger partial charge in [0.1, 0.15) is 12.4 Å². The van der Waals surface area contributed by atoms with Gasteiger partial charge in [-0.3, -0.25) is 14.8 Å². The molecule has 7 nitrogen and oxygen atoms in total. The molecule has 5 rings (SSSR count). The van der Waals surface area contributed by atoms with Crippen molar-refractivity contribution < 1.29 is 19.5 Å². The first kappa shape index (κ1) is 22.6. The SMILES string of the molecule is O=C(NO)[C@H]1CC2(CC2)CN[C@@H]1C(=O)N1CC=C(c2cccc(OCc3ccccc3)c2)CC1. The fourth-order valence-electron chi connectivity index (χ4n) is 5.12. The van der Waals surface area contributed by atoms with Crippen LogP contribution in [0.3, 0.4) is 0 Å². The molecule has 2 aromatic rings. The van der Waals surface area contributed by atoms with Crippen LogP contribution in [-0.2, 0) is 16.2 Å². The lowest BCUT2D eigenvalue weighted by Crippen LogP contribution is -2.59. The van der Waals surface area contributed by atoms with Gasteiger partial charge in [0.05, 0.1) is 12.0 Å². The highest BCUT2D eigenvalue weighted by Crippen LogP contribution is 2.52. The van der Waals surface area contributed by atoms with Gasteiger partial charge in [-0.15, -0.1) is 0 Å². The summed E-state index contributed by atoms with van der Waals surface area (Å²) in [5, 5.41) is 12.5. The summed E-state index contributed by atoms with van der Waals surface area (Å²) in [6, 6.07) is 17.5. The van der Waals surface area contributed by atoms with Gasteiger partial charge < -0.3 is 15.0 Å². The Labute approximate surface area is 199 Å². The third-order valence-electron chi connectivity index (χ3n) is 7.40. The molecule has 2 aromatic carbocycles. The maximum Gasteiger partial charge on any atom is 0.248 e. The van der Waals surface area contributed by atoms with E-state index in [1.54, 1.807) is 10.4 Å². The Hall–Kier alpha value is -3.16. The van der Waals surface area contributed by atoms with E-state index in [2.05, 4.69) is 17.5 Å². The minimum absolute atomic E-state index is 0.0701. The van der Waals surface area contributed by atoms with Crippen molar-refractivity contribution in [2.24, 2.45) is 11.3 Å². The van der Waals surface area contributed by atoms with E-state index in [4.69, 9.17) is 4.74 Å². The first-order chi connectivity index (χ1) is 16.6. The van der Waals surface area contributed by atoms with E-state index in [0.29, 0.717) is 26.1 Å². The second-order valence-corrected chi connectivity index (χ2v) is 9.71. The van der Waals surface area contributed by atoms with E-state index < -0.39 is 17.9 Å². The molecular weight excluding hydrogens is 430 g/mol. The van der Waals surface area contributed by atoms with E-state index in [1.807, 2.05) is 48.5 Å². The number of hydrogen-bond acceptors (Lipinski definition) is 5. The molecule has 178 valence electrons. The zero-order chi connectivity index (χ0) is 23.5. The smallest absolute Gasteiger partial charge is 0.248 e. The highest BCUT2D eigenvalue weighted by Gasteiger charge is 2.52. The van der Waals surface area contributed by atoms with Gasteiger partial charge in [0.25, 0.3) is 0 Å². The molecule has 2 aliphatic heterocycles. The lowest BCUT2D eigenvalue weighted by atomic mass is 9.81. The molecule has 34 heavy (non-hydrogen) atoms. The van der Waals surface area contributed by atoms with Gasteiger partial charge in [-0.1, -0.05) is 48.5 Å². The van der Waals surface area contributed by atoms with E-state index in [-0.39, 0.29) is 11.3 Å². The summed E-state index contributed by atoms with van der Waals surface area (Å²) in [5.41, 5.74) is 5.30. The van der Waals surface area contributed by atoms with E-state index in [0.717, 1.165) is 42.7 Å². The van der Waals surface area contributed by atoms with Crippen LogP contribution in [0.5, 0.6) is 5.75 Å². The number of piperidine rings is 1. The molecule has 2 amide bonds. The highest BCUT2D eigenvalue weighted by molar-refractivity contribution is 5.90. The molecule has 7 heteroatoms. The Bertz CT molecular complexity index is 1080. The number of nitrogens with zero attached hydrogens (tertiary/aromatic N) is 1. The molecule has 0 bridgehead atoms. The number of benzene rings is 2. The van der Waals surface area contributed by atoms with Crippen molar-refractivity contribution in [3.8, 4) is 5.75 Å². The highest BCUT2D eigenvalue weighted by atomic mass is 16.5. The Morgan fingerprint density at radius 1 is 1.15 bits per heavy atom. The summed E-state index contributed by atoms with van der Waals surface area (Å²) < 4.78 is 5.97. The number of hydroxylamine groups is 1. The topological polar surface area (TPSA) is 90.9 Å². The lowest BCUT2D eigenvalue weighted by molar-refractivity contribution is -0.144. The molecule has 0 radical (unpaired) electrons. The zero-order valence-corrected chi connectivity index (χ0v) is 19.2. The molecule has 1 saturated heterocycles. The van der Waals surface area contributed by atoms with Gasteiger partial charge in [0, 0.05) is 19.6 Å². The predicted molar refractivity (Wildman–Crippen MR) is 128 cm³/mol. The van der Waals surface area contributed by atoms with E-state index in [1.165, 1.54) is 5.57 Å². The fraction of sp³-hybridized carbons (Fsp3) is 0.407. The first-order valence-corrected chi connectivity index (χ1v) is 12.0. The van der Waals surface area contributed by atoms with Crippen molar-refractivity contribution in [3.63, 3.8) is 0 Å². The monoisotopic (exact) mass is 461 g/mol. The standard InChI is InChI=1S/C27H31N3O4/c31-25(29-33)23-16-27(11-12-27)18-28-24(23)26(32)30-13-9-20(10-14-30)21-7-4-8-22(15-21)34-17-19-5-2-1-3-6-19/h1-9,15,23-24,28,33H,10-14,16-18H2,(H,29,31)/t23-,24-/m0/s1. The molecule has 3 aliphatic rings. The molecule has 1 spiro atoms. The van der Waals surface area contributed by atoms with Crippen LogP contribution in [0.1, 0.15) is 36.8 Å². The van der Waals surface area contributed by atoms with Crippen molar-refractivity contribution in [3.05, 3.63) is 71.8 Å². The van der Waals surface area contributed by atoms with Gasteiger partial charge in [-0.25, -0.2) is 5.48 Å². The Balaban J connectivity index is 1.22. The van der Waals surface area contributed by atoms with Crippen molar-refractivity contribution in [1.29, 1.82) is 0 Å². The first-order valence-electron chi connectivity index (χ1n) is 12.0. The van der Waals surface area contributed by atoms with Crippen LogP contribution in [0, 0.1) is 11.3 Å². The minimum Gasteiger partial charge on any atom is -0.489 e. The molecule has 0 aromatic heterocycles. The largest absolute Gasteiger partial charge is 0.489 e. The zero-order valence-electron chi connectivity index (χ0n) is 19.2. The number of rotatable bonds is 6. The normalized spacial score (nSPS) is 23.2. The quantitative estimate of drug-likeness (QED) is 0.454. The maximum atomic E-state index is 13.3. The molecule has 2 heterocycles. The molecule has 0 unspecified atom stereocenters. The molecule has 2 atom stereocenters. The average Bonchev–Trinajstić information content (AvgIpc) is 3.65. The maximum absolute atomic E-state index is 13.3. The summed E-state index contributed by atoms with van der Waals surface area (Å²) in [5.74, 6) is -0.270. The Kier molecular flexibility index (Phi) is 6.39. The summed E-state index contributed by atoms with van der Waals surface area (Å²) in [6.45, 7) is 2.36. The van der Waals surface area contributed by atoms with Crippen molar-refractivity contribution in [2.75, 3.05) is 19.6 Å². The van der Waals surface area contributed by atoms with E-state index >= 15 is 0 Å². The van der Waals surface area contributed by atoms with Gasteiger partial charge >= 0.3 is 0 Å². The number of hydrogen-bond donors (Lipinski definition) is 3. The van der Waals surface area contributed by atoms with Crippen molar-refractivity contribution in [2.45, 2.75) is 38.3 Å². The summed E-state index contributed by atoms with van der Waals surface area (Å²) >= 11 is 0. The average molecular weight is 462 g/mol. The minimum atomic E-state index is -0.594. The van der Waals surface area contributed by atoms with Crippen LogP contribution in [0.4, 0.5) is 0 Å². The van der Waals surface area contributed by atoms with Crippen LogP contribution < -0.4 is 15.5 Å². The van der Waals surface area contributed by atoms with Gasteiger partial charge in [0.2, 0.25) is 11.8 Å². The number of ether oxygens (including phenoxy) is 1. The van der Waals surface area contributed by atoms with Gasteiger partial charge in [-0.05, 0) is 59.9 Å². The van der Waals surface area contributed by atoms with Crippen LogP contribution in [-0.4, -0.2) is 47.6 Å². The van der Waals surface area contributed by atoms with Gasteiger partial charge in [0.15, 0.2) is 0 Å². The number of carbonyl (C=O) groups is 2. The number of nitrogens with one attached hydrogen (secondary N) is 2. The van der Waals surface area contributed by atoms with Crippen molar-refractivity contribution >= 4 is 17.4 Å². The molecule has 1 saturated carbocycles. The second-order valence-electron chi connectivity index (χ2n) is 9.71. The Morgan fingerprint density at radius 2 is 1.97 bits per heavy atom. The van der Waals surface area contributed by atoms with Crippen LogP contribution >= 0.6 is 0 Å². The fourth-order valence-corrected chi connectivity index (χ4v) is 5.12. The van der Waals surface area contributed by atoms with Crippen LogP contribution in [0.15, 0.2) is 60.7 Å². The predicted octanol–water partition coefficient (Wildman–Crippen LogP) is 3.15. The van der Waals surface area contributed by atoms with Crippen molar-refractivity contribution in [1.82, 2.24) is 15.7 Å². The van der Waals surface area contributed by atoms with Gasteiger partial charge in [-0.2, -0.15) is 0 Å².